The highest BCUT2D eigenvalue weighted by Gasteiger charge is 2.29. The van der Waals surface area contributed by atoms with Crippen LogP contribution in [0.1, 0.15) is 10.4 Å². The molecule has 174 valence electrons. The lowest BCUT2D eigenvalue weighted by Crippen LogP contribution is -2.32. The number of esters is 1. The molecule has 4 rings (SSSR count). The number of benzene rings is 3. The fourth-order valence-corrected chi connectivity index (χ4v) is 4.55. The minimum absolute atomic E-state index is 0.0215. The quantitative estimate of drug-likeness (QED) is 0.215. The molecule has 1 aliphatic heterocycles. The van der Waals surface area contributed by atoms with Crippen molar-refractivity contribution < 1.29 is 24.0 Å². The first-order valence-electron chi connectivity index (χ1n) is 10.4. The number of nitrogens with zero attached hydrogens (tertiary/aromatic N) is 2. The predicted octanol–water partition coefficient (Wildman–Crippen LogP) is 4.64. The molecular formula is C24H21N3O6S. The van der Waals surface area contributed by atoms with Crippen molar-refractivity contribution >= 4 is 46.4 Å². The van der Waals surface area contributed by atoms with Gasteiger partial charge in [-0.15, -0.1) is 0 Å². The van der Waals surface area contributed by atoms with Crippen LogP contribution in [-0.4, -0.2) is 43.7 Å². The van der Waals surface area contributed by atoms with Crippen LogP contribution in [0.2, 0.25) is 0 Å². The molecule has 0 bridgehead atoms. The van der Waals surface area contributed by atoms with E-state index in [1.807, 2.05) is 48.5 Å². The first-order chi connectivity index (χ1) is 16.5. The Hall–Kier alpha value is -3.89. The average Bonchev–Trinajstić information content (AvgIpc) is 2.85. The Morgan fingerprint density at radius 2 is 1.68 bits per heavy atom. The number of methoxy groups -OCH3 is 1. The summed E-state index contributed by atoms with van der Waals surface area (Å²) in [7, 11) is 1.52. The van der Waals surface area contributed by atoms with E-state index in [-0.39, 0.29) is 16.9 Å². The van der Waals surface area contributed by atoms with Gasteiger partial charge in [-0.3, -0.25) is 19.8 Å². The summed E-state index contributed by atoms with van der Waals surface area (Å²) in [6, 6.07) is 18.9. The van der Waals surface area contributed by atoms with Gasteiger partial charge in [-0.1, -0.05) is 36.0 Å². The van der Waals surface area contributed by atoms with Gasteiger partial charge in [0.05, 0.1) is 28.5 Å². The Bertz CT molecular complexity index is 1200. The SMILES string of the molecule is COCCNc1ccc(C(=O)OCC(=O)N2c3ccccc3Sc3ccccc32)cc1[N+](=O)[O-]. The van der Waals surface area contributed by atoms with Crippen LogP contribution in [0.25, 0.3) is 0 Å². The van der Waals surface area contributed by atoms with E-state index in [9.17, 15) is 19.7 Å². The summed E-state index contributed by atoms with van der Waals surface area (Å²) in [5.74, 6) is -1.26. The molecule has 0 atom stereocenters. The summed E-state index contributed by atoms with van der Waals surface area (Å²) in [6.07, 6.45) is 0. The van der Waals surface area contributed by atoms with Crippen molar-refractivity contribution in [1.82, 2.24) is 0 Å². The topological polar surface area (TPSA) is 111 Å². The van der Waals surface area contributed by atoms with Crippen LogP contribution in [0, 0.1) is 10.1 Å². The van der Waals surface area contributed by atoms with E-state index in [0.717, 1.165) is 15.9 Å². The van der Waals surface area contributed by atoms with Gasteiger partial charge in [0.2, 0.25) is 0 Å². The number of carbonyl (C=O) groups is 2. The number of rotatable bonds is 8. The second-order valence-electron chi connectivity index (χ2n) is 7.25. The number of nitro groups is 1. The first-order valence-corrected chi connectivity index (χ1v) is 11.2. The van der Waals surface area contributed by atoms with E-state index in [4.69, 9.17) is 9.47 Å². The Balaban J connectivity index is 1.50. The maximum absolute atomic E-state index is 13.1. The van der Waals surface area contributed by atoms with E-state index < -0.39 is 23.4 Å². The van der Waals surface area contributed by atoms with Gasteiger partial charge in [-0.05, 0) is 36.4 Å². The fraction of sp³-hybridized carbons (Fsp3) is 0.167. The molecule has 0 fully saturated rings. The predicted molar refractivity (Wildman–Crippen MR) is 128 cm³/mol. The lowest BCUT2D eigenvalue weighted by Gasteiger charge is -2.30. The standard InChI is InChI=1S/C24H21N3O6S/c1-32-13-12-25-17-11-10-16(14-20(17)27(30)31)24(29)33-15-23(28)26-18-6-2-4-8-21(18)34-22-9-5-3-7-19(22)26/h2-11,14,25H,12-13,15H2,1H3. The van der Waals surface area contributed by atoms with Crippen molar-refractivity contribution in [3.8, 4) is 0 Å². The highest BCUT2D eigenvalue weighted by atomic mass is 32.2. The van der Waals surface area contributed by atoms with Gasteiger partial charge in [0.15, 0.2) is 6.61 Å². The van der Waals surface area contributed by atoms with Crippen molar-refractivity contribution in [3.63, 3.8) is 0 Å². The third-order valence-electron chi connectivity index (χ3n) is 5.06. The van der Waals surface area contributed by atoms with Crippen LogP contribution in [0.15, 0.2) is 76.5 Å². The second kappa shape index (κ2) is 10.4. The zero-order valence-corrected chi connectivity index (χ0v) is 19.0. The molecule has 0 saturated heterocycles. The second-order valence-corrected chi connectivity index (χ2v) is 8.34. The van der Waals surface area contributed by atoms with Crippen molar-refractivity contribution in [2.45, 2.75) is 9.79 Å². The zero-order chi connectivity index (χ0) is 24.1. The molecule has 3 aromatic carbocycles. The number of carbonyl (C=O) groups excluding carboxylic acids is 2. The lowest BCUT2D eigenvalue weighted by atomic mass is 10.1. The largest absolute Gasteiger partial charge is 0.452 e. The smallest absolute Gasteiger partial charge is 0.338 e. The summed E-state index contributed by atoms with van der Waals surface area (Å²) in [5.41, 5.74) is 1.37. The lowest BCUT2D eigenvalue weighted by molar-refractivity contribution is -0.384. The molecule has 0 aliphatic carbocycles. The molecule has 0 radical (unpaired) electrons. The minimum Gasteiger partial charge on any atom is -0.452 e. The molecule has 0 aromatic heterocycles. The first kappa shape index (κ1) is 23.3. The molecule has 0 saturated carbocycles. The zero-order valence-electron chi connectivity index (χ0n) is 18.2. The summed E-state index contributed by atoms with van der Waals surface area (Å²) < 4.78 is 10.2. The third kappa shape index (κ3) is 4.87. The van der Waals surface area contributed by atoms with Gasteiger partial charge in [-0.2, -0.15) is 0 Å². The molecule has 1 heterocycles. The highest BCUT2D eigenvalue weighted by molar-refractivity contribution is 7.99. The normalized spacial score (nSPS) is 11.9. The van der Waals surface area contributed by atoms with E-state index in [1.165, 1.54) is 24.1 Å². The Kier molecular flexibility index (Phi) is 7.09. The molecule has 1 aliphatic rings. The molecule has 0 spiro atoms. The Morgan fingerprint density at radius 1 is 1.03 bits per heavy atom. The van der Waals surface area contributed by atoms with Crippen molar-refractivity contribution in [2.24, 2.45) is 0 Å². The van der Waals surface area contributed by atoms with Crippen LogP contribution >= 0.6 is 11.8 Å². The Labute approximate surface area is 199 Å². The molecular weight excluding hydrogens is 458 g/mol. The van der Waals surface area contributed by atoms with Gasteiger partial charge < -0.3 is 14.8 Å². The number of para-hydroxylation sites is 2. The number of anilines is 3. The molecule has 9 nitrogen and oxygen atoms in total. The number of hydrogen-bond donors (Lipinski definition) is 1. The van der Waals surface area contributed by atoms with E-state index in [2.05, 4.69) is 5.32 Å². The monoisotopic (exact) mass is 479 g/mol. The molecule has 0 unspecified atom stereocenters. The molecule has 1 amide bonds. The van der Waals surface area contributed by atoms with Gasteiger partial charge in [-0.25, -0.2) is 4.79 Å². The number of fused-ring (bicyclic) bond motifs is 2. The van der Waals surface area contributed by atoms with Crippen LogP contribution < -0.4 is 10.2 Å². The van der Waals surface area contributed by atoms with Crippen molar-refractivity contribution in [1.29, 1.82) is 0 Å². The summed E-state index contributed by atoms with van der Waals surface area (Å²) >= 11 is 1.56. The summed E-state index contributed by atoms with van der Waals surface area (Å²) in [5, 5.41) is 14.3. The van der Waals surface area contributed by atoms with Gasteiger partial charge >= 0.3 is 5.97 Å². The number of hydrogen-bond acceptors (Lipinski definition) is 8. The molecule has 3 aromatic rings. The van der Waals surface area contributed by atoms with Gasteiger partial charge in [0, 0.05) is 29.5 Å². The highest BCUT2D eigenvalue weighted by Crippen LogP contribution is 2.47. The molecule has 10 heteroatoms. The maximum Gasteiger partial charge on any atom is 0.338 e. The van der Waals surface area contributed by atoms with E-state index in [0.29, 0.717) is 24.5 Å². The van der Waals surface area contributed by atoms with Crippen molar-refractivity contribution in [3.05, 3.63) is 82.4 Å². The fourth-order valence-electron chi connectivity index (χ4n) is 3.50. The molecule has 34 heavy (non-hydrogen) atoms. The summed E-state index contributed by atoms with van der Waals surface area (Å²) in [6.45, 7) is 0.213. The number of amides is 1. The minimum atomic E-state index is -0.826. The van der Waals surface area contributed by atoms with E-state index >= 15 is 0 Å². The van der Waals surface area contributed by atoms with Crippen LogP contribution in [0.5, 0.6) is 0 Å². The number of nitro benzene ring substituents is 1. The van der Waals surface area contributed by atoms with Crippen LogP contribution in [-0.2, 0) is 14.3 Å². The van der Waals surface area contributed by atoms with Crippen molar-refractivity contribution in [2.75, 3.05) is 37.1 Å². The molecule has 1 N–H and O–H groups in total. The van der Waals surface area contributed by atoms with Crippen LogP contribution in [0.4, 0.5) is 22.7 Å². The van der Waals surface area contributed by atoms with E-state index in [1.54, 1.807) is 11.8 Å². The van der Waals surface area contributed by atoms with Gasteiger partial charge in [0.1, 0.15) is 5.69 Å². The maximum atomic E-state index is 13.1. The van der Waals surface area contributed by atoms with Crippen LogP contribution in [0.3, 0.4) is 0 Å². The number of nitrogens with one attached hydrogen (secondary N) is 1. The Morgan fingerprint density at radius 3 is 2.29 bits per heavy atom. The average molecular weight is 480 g/mol. The number of ether oxygens (including phenoxy) is 2. The van der Waals surface area contributed by atoms with Gasteiger partial charge in [0.25, 0.3) is 11.6 Å². The third-order valence-corrected chi connectivity index (χ3v) is 6.19. The summed E-state index contributed by atoms with van der Waals surface area (Å²) in [4.78, 5) is 40.0.